The number of carbonyl (C=O) groups excluding carboxylic acids is 2. The van der Waals surface area contributed by atoms with Gasteiger partial charge in [-0.2, -0.15) is 0 Å². The molecule has 0 aliphatic rings. The summed E-state index contributed by atoms with van der Waals surface area (Å²) in [6.45, 7) is 3.70. The molecule has 1 heterocycles. The monoisotopic (exact) mass is 333 g/mol. The van der Waals surface area contributed by atoms with Crippen molar-refractivity contribution in [3.63, 3.8) is 0 Å². The zero-order valence-electron chi connectivity index (χ0n) is 13.5. The molecule has 7 heteroatoms. The van der Waals surface area contributed by atoms with Crippen LogP contribution >= 0.6 is 11.8 Å². The fourth-order valence-corrected chi connectivity index (χ4v) is 2.50. The van der Waals surface area contributed by atoms with E-state index in [2.05, 4.69) is 10.3 Å². The van der Waals surface area contributed by atoms with Gasteiger partial charge in [0.25, 0.3) is 11.1 Å². The first-order valence-electron chi connectivity index (χ1n) is 7.05. The third kappa shape index (κ3) is 4.59. The van der Waals surface area contributed by atoms with Crippen molar-refractivity contribution in [2.75, 3.05) is 25.2 Å². The van der Waals surface area contributed by atoms with E-state index in [4.69, 9.17) is 4.42 Å². The standard InChI is InChI=1S/C16H19N3O3S/c1-10-11(2)22-16(17-10)23-9-14(20)18-13-7-5-12(6-8-13)15(21)19(3)4/h5-8H,9H2,1-4H3,(H,18,20). The van der Waals surface area contributed by atoms with Crippen molar-refractivity contribution >= 4 is 29.3 Å². The second kappa shape index (κ2) is 7.32. The Balaban J connectivity index is 1.89. The lowest BCUT2D eigenvalue weighted by atomic mass is 10.2. The number of oxazole rings is 1. The molecule has 0 bridgehead atoms. The summed E-state index contributed by atoms with van der Waals surface area (Å²) in [6, 6.07) is 6.79. The molecule has 6 nitrogen and oxygen atoms in total. The lowest BCUT2D eigenvalue weighted by Gasteiger charge is -2.10. The Hall–Kier alpha value is -2.28. The van der Waals surface area contributed by atoms with E-state index in [-0.39, 0.29) is 17.6 Å². The number of thioether (sulfide) groups is 1. The van der Waals surface area contributed by atoms with E-state index in [1.807, 2.05) is 13.8 Å². The van der Waals surface area contributed by atoms with Gasteiger partial charge in [-0.3, -0.25) is 9.59 Å². The Morgan fingerprint density at radius 1 is 1.22 bits per heavy atom. The number of aryl methyl sites for hydroxylation is 2. The molecule has 1 aromatic carbocycles. The van der Waals surface area contributed by atoms with Crippen LogP contribution in [0, 0.1) is 13.8 Å². The molecule has 1 N–H and O–H groups in total. The molecular formula is C16H19N3O3S. The predicted molar refractivity (Wildman–Crippen MR) is 89.8 cm³/mol. The van der Waals surface area contributed by atoms with Gasteiger partial charge in [-0.25, -0.2) is 4.98 Å². The van der Waals surface area contributed by atoms with E-state index in [1.165, 1.54) is 16.7 Å². The van der Waals surface area contributed by atoms with Crippen molar-refractivity contribution < 1.29 is 14.0 Å². The highest BCUT2D eigenvalue weighted by Gasteiger charge is 2.11. The molecule has 2 rings (SSSR count). The molecular weight excluding hydrogens is 314 g/mol. The average Bonchev–Trinajstić information content (AvgIpc) is 2.84. The highest BCUT2D eigenvalue weighted by molar-refractivity contribution is 7.99. The van der Waals surface area contributed by atoms with Crippen LogP contribution in [0.2, 0.25) is 0 Å². The SMILES string of the molecule is Cc1nc(SCC(=O)Nc2ccc(C(=O)N(C)C)cc2)oc1C. The largest absolute Gasteiger partial charge is 0.437 e. The van der Waals surface area contributed by atoms with Crippen LogP contribution in [0.1, 0.15) is 21.8 Å². The molecule has 0 aliphatic carbocycles. The Morgan fingerprint density at radius 2 is 1.87 bits per heavy atom. The summed E-state index contributed by atoms with van der Waals surface area (Å²) in [6.07, 6.45) is 0. The Kier molecular flexibility index (Phi) is 5.44. The molecule has 0 radical (unpaired) electrons. The first-order valence-corrected chi connectivity index (χ1v) is 8.04. The number of hydrogen-bond acceptors (Lipinski definition) is 5. The highest BCUT2D eigenvalue weighted by Crippen LogP contribution is 2.20. The summed E-state index contributed by atoms with van der Waals surface area (Å²) in [4.78, 5) is 29.4. The van der Waals surface area contributed by atoms with E-state index in [1.54, 1.807) is 38.4 Å². The van der Waals surface area contributed by atoms with Crippen molar-refractivity contribution in [2.45, 2.75) is 19.1 Å². The summed E-state index contributed by atoms with van der Waals surface area (Å²) in [5.41, 5.74) is 2.05. The number of nitrogens with zero attached hydrogens (tertiary/aromatic N) is 2. The van der Waals surface area contributed by atoms with Gasteiger partial charge in [0.15, 0.2) is 0 Å². The third-order valence-electron chi connectivity index (χ3n) is 3.16. The van der Waals surface area contributed by atoms with Crippen LogP contribution in [-0.2, 0) is 4.79 Å². The second-order valence-corrected chi connectivity index (χ2v) is 6.16. The first kappa shape index (κ1) is 17.1. The lowest BCUT2D eigenvalue weighted by Crippen LogP contribution is -2.21. The highest BCUT2D eigenvalue weighted by atomic mass is 32.2. The van der Waals surface area contributed by atoms with E-state index < -0.39 is 0 Å². The topological polar surface area (TPSA) is 75.4 Å². The van der Waals surface area contributed by atoms with Crippen LogP contribution in [0.25, 0.3) is 0 Å². The molecule has 122 valence electrons. The van der Waals surface area contributed by atoms with E-state index >= 15 is 0 Å². The summed E-state index contributed by atoms with van der Waals surface area (Å²) in [5, 5.41) is 3.26. The van der Waals surface area contributed by atoms with Crippen LogP contribution < -0.4 is 5.32 Å². The van der Waals surface area contributed by atoms with Gasteiger partial charge in [-0.05, 0) is 38.1 Å². The number of amides is 2. The number of benzene rings is 1. The van der Waals surface area contributed by atoms with Crippen LogP contribution in [0.4, 0.5) is 5.69 Å². The van der Waals surface area contributed by atoms with E-state index in [0.29, 0.717) is 16.5 Å². The Morgan fingerprint density at radius 3 is 2.39 bits per heavy atom. The number of aromatic nitrogens is 1. The second-order valence-electron chi connectivity index (χ2n) is 5.24. The van der Waals surface area contributed by atoms with Gasteiger partial charge in [0.05, 0.1) is 11.4 Å². The predicted octanol–water partition coefficient (Wildman–Crippen LogP) is 2.72. The van der Waals surface area contributed by atoms with Gasteiger partial charge in [-0.15, -0.1) is 0 Å². The number of anilines is 1. The van der Waals surface area contributed by atoms with Crippen LogP contribution in [0.3, 0.4) is 0 Å². The van der Waals surface area contributed by atoms with Crippen LogP contribution in [0.15, 0.2) is 33.9 Å². The van der Waals surface area contributed by atoms with Gasteiger partial charge in [0.1, 0.15) is 5.76 Å². The van der Waals surface area contributed by atoms with Crippen LogP contribution in [-0.4, -0.2) is 41.5 Å². The minimum Gasteiger partial charge on any atom is -0.437 e. The first-order chi connectivity index (χ1) is 10.9. The van der Waals surface area contributed by atoms with Gasteiger partial charge < -0.3 is 14.6 Å². The minimum absolute atomic E-state index is 0.0759. The Labute approximate surface area is 139 Å². The average molecular weight is 333 g/mol. The lowest BCUT2D eigenvalue weighted by molar-refractivity contribution is -0.113. The number of carbonyl (C=O) groups is 2. The van der Waals surface area contributed by atoms with Crippen molar-refractivity contribution in [1.29, 1.82) is 0 Å². The van der Waals surface area contributed by atoms with E-state index in [9.17, 15) is 9.59 Å². The fraction of sp³-hybridized carbons (Fsp3) is 0.312. The molecule has 2 aromatic rings. The maximum atomic E-state index is 11.9. The molecule has 0 unspecified atom stereocenters. The maximum absolute atomic E-state index is 11.9. The molecule has 0 fully saturated rings. The summed E-state index contributed by atoms with van der Waals surface area (Å²) >= 11 is 1.24. The summed E-state index contributed by atoms with van der Waals surface area (Å²) < 4.78 is 5.41. The quantitative estimate of drug-likeness (QED) is 0.852. The molecule has 2 amide bonds. The number of hydrogen-bond donors (Lipinski definition) is 1. The molecule has 23 heavy (non-hydrogen) atoms. The number of rotatable bonds is 5. The molecule has 0 atom stereocenters. The summed E-state index contributed by atoms with van der Waals surface area (Å²) in [7, 11) is 3.39. The van der Waals surface area contributed by atoms with Gasteiger partial charge in [0.2, 0.25) is 5.91 Å². The molecule has 1 aromatic heterocycles. The van der Waals surface area contributed by atoms with Gasteiger partial charge in [0, 0.05) is 25.3 Å². The zero-order valence-corrected chi connectivity index (χ0v) is 14.4. The summed E-state index contributed by atoms with van der Waals surface area (Å²) in [5.74, 6) is 0.731. The van der Waals surface area contributed by atoms with Crippen molar-refractivity contribution in [2.24, 2.45) is 0 Å². The number of nitrogens with one attached hydrogen (secondary N) is 1. The van der Waals surface area contributed by atoms with Crippen molar-refractivity contribution in [3.8, 4) is 0 Å². The molecule has 0 aliphatic heterocycles. The molecule has 0 saturated heterocycles. The van der Waals surface area contributed by atoms with Gasteiger partial charge >= 0.3 is 0 Å². The Bertz CT molecular complexity index is 688. The normalized spacial score (nSPS) is 10.4. The zero-order chi connectivity index (χ0) is 17.0. The van der Waals surface area contributed by atoms with Crippen molar-refractivity contribution in [3.05, 3.63) is 41.3 Å². The molecule has 0 saturated carbocycles. The molecule has 0 spiro atoms. The minimum atomic E-state index is -0.157. The third-order valence-corrected chi connectivity index (χ3v) is 3.99. The maximum Gasteiger partial charge on any atom is 0.256 e. The van der Waals surface area contributed by atoms with Gasteiger partial charge in [-0.1, -0.05) is 11.8 Å². The van der Waals surface area contributed by atoms with E-state index in [0.717, 1.165) is 11.5 Å². The van der Waals surface area contributed by atoms with Crippen molar-refractivity contribution in [1.82, 2.24) is 9.88 Å². The fourth-order valence-electron chi connectivity index (χ4n) is 1.78. The van der Waals surface area contributed by atoms with Crippen LogP contribution in [0.5, 0.6) is 0 Å². The smallest absolute Gasteiger partial charge is 0.256 e.